The second-order valence-electron chi connectivity index (χ2n) is 5.65. The van der Waals surface area contributed by atoms with Gasteiger partial charge in [0.05, 0.1) is 19.3 Å². The van der Waals surface area contributed by atoms with E-state index < -0.39 is 0 Å². The zero-order chi connectivity index (χ0) is 16.3. The van der Waals surface area contributed by atoms with E-state index in [0.29, 0.717) is 19.8 Å². The van der Waals surface area contributed by atoms with Crippen molar-refractivity contribution in [2.45, 2.75) is 19.1 Å². The number of carbonyl (C=O) groups excluding carboxylic acids is 1. The first kappa shape index (κ1) is 17.7. The molecule has 126 valence electrons. The lowest BCUT2D eigenvalue weighted by molar-refractivity contribution is -0.126. The van der Waals surface area contributed by atoms with E-state index in [1.807, 2.05) is 6.07 Å². The lowest BCUT2D eigenvalue weighted by Gasteiger charge is -2.33. The molecule has 1 atom stereocenters. The first-order chi connectivity index (χ1) is 11.3. The molecule has 1 heterocycles. The van der Waals surface area contributed by atoms with Crippen LogP contribution in [0, 0.1) is 0 Å². The largest absolute Gasteiger partial charge is 0.374 e. The van der Waals surface area contributed by atoms with Gasteiger partial charge in [0.15, 0.2) is 0 Å². The van der Waals surface area contributed by atoms with Crippen molar-refractivity contribution in [3.8, 4) is 0 Å². The van der Waals surface area contributed by atoms with E-state index in [0.717, 1.165) is 26.1 Å². The van der Waals surface area contributed by atoms with Crippen LogP contribution in [-0.4, -0.2) is 56.4 Å². The monoisotopic (exact) mass is 318 g/mol. The Morgan fingerprint density at radius 2 is 2.26 bits per heavy atom. The molecule has 0 aromatic heterocycles. The van der Waals surface area contributed by atoms with Crippen molar-refractivity contribution in [3.63, 3.8) is 0 Å². The molecule has 0 bridgehead atoms. The van der Waals surface area contributed by atoms with Crippen LogP contribution in [0.15, 0.2) is 43.0 Å². The van der Waals surface area contributed by atoms with Crippen LogP contribution < -0.4 is 5.32 Å². The molecule has 1 fully saturated rings. The maximum Gasteiger partial charge on any atom is 0.246 e. The van der Waals surface area contributed by atoms with Crippen molar-refractivity contribution in [1.82, 2.24) is 10.2 Å². The Bertz CT molecular complexity index is 478. The predicted molar refractivity (Wildman–Crippen MR) is 90.1 cm³/mol. The standard InChI is InChI=1S/C18H26N2O3/c1-2-3-10-22-15-18(21)19-12-17-14-20(9-11-23-17)13-16-7-5-4-6-8-16/h2,4-8,17H,1,3,9-15H2,(H,19,21). The minimum absolute atomic E-state index is 0.0320. The fraction of sp³-hybridized carbons (Fsp3) is 0.500. The Balaban J connectivity index is 1.65. The molecule has 5 nitrogen and oxygen atoms in total. The van der Waals surface area contributed by atoms with E-state index in [1.165, 1.54) is 5.56 Å². The second-order valence-corrected chi connectivity index (χ2v) is 5.65. The van der Waals surface area contributed by atoms with Crippen LogP contribution in [0.4, 0.5) is 0 Å². The fourth-order valence-corrected chi connectivity index (χ4v) is 2.50. The summed E-state index contributed by atoms with van der Waals surface area (Å²) in [5.41, 5.74) is 1.30. The molecule has 1 amide bonds. The molecular weight excluding hydrogens is 292 g/mol. The summed E-state index contributed by atoms with van der Waals surface area (Å²) in [4.78, 5) is 14.0. The van der Waals surface area contributed by atoms with Crippen LogP contribution in [0.3, 0.4) is 0 Å². The smallest absolute Gasteiger partial charge is 0.246 e. The fourth-order valence-electron chi connectivity index (χ4n) is 2.50. The van der Waals surface area contributed by atoms with Gasteiger partial charge in [-0.25, -0.2) is 0 Å². The van der Waals surface area contributed by atoms with Crippen molar-refractivity contribution < 1.29 is 14.3 Å². The zero-order valence-corrected chi connectivity index (χ0v) is 13.6. The molecule has 1 N–H and O–H groups in total. The molecule has 1 unspecified atom stereocenters. The van der Waals surface area contributed by atoms with E-state index in [9.17, 15) is 4.79 Å². The third-order valence-electron chi connectivity index (χ3n) is 3.70. The van der Waals surface area contributed by atoms with Crippen molar-refractivity contribution in [3.05, 3.63) is 48.6 Å². The third kappa shape index (κ3) is 6.95. The molecule has 0 spiro atoms. The predicted octanol–water partition coefficient (Wildman–Crippen LogP) is 1.60. The van der Waals surface area contributed by atoms with Gasteiger partial charge in [0, 0.05) is 26.2 Å². The van der Waals surface area contributed by atoms with Gasteiger partial charge in [-0.2, -0.15) is 0 Å². The van der Waals surface area contributed by atoms with Crippen molar-refractivity contribution in [1.29, 1.82) is 0 Å². The molecule has 1 aliphatic heterocycles. The van der Waals surface area contributed by atoms with Gasteiger partial charge >= 0.3 is 0 Å². The van der Waals surface area contributed by atoms with Crippen LogP contribution in [0.5, 0.6) is 0 Å². The Morgan fingerprint density at radius 1 is 1.43 bits per heavy atom. The van der Waals surface area contributed by atoms with Crippen molar-refractivity contribution in [2.24, 2.45) is 0 Å². The quantitative estimate of drug-likeness (QED) is 0.555. The maximum absolute atomic E-state index is 11.7. The topological polar surface area (TPSA) is 50.8 Å². The number of hydrogen-bond donors (Lipinski definition) is 1. The number of nitrogens with one attached hydrogen (secondary N) is 1. The number of morpholine rings is 1. The van der Waals surface area contributed by atoms with Gasteiger partial charge in [-0.1, -0.05) is 36.4 Å². The van der Waals surface area contributed by atoms with Gasteiger partial charge in [0.2, 0.25) is 5.91 Å². The highest BCUT2D eigenvalue weighted by Gasteiger charge is 2.20. The lowest BCUT2D eigenvalue weighted by atomic mass is 10.2. The van der Waals surface area contributed by atoms with E-state index in [-0.39, 0.29) is 18.6 Å². The van der Waals surface area contributed by atoms with E-state index in [2.05, 4.69) is 41.1 Å². The summed E-state index contributed by atoms with van der Waals surface area (Å²) < 4.78 is 11.0. The molecule has 1 aromatic carbocycles. The number of rotatable bonds is 9. The number of amides is 1. The van der Waals surface area contributed by atoms with Gasteiger partial charge in [0.1, 0.15) is 6.61 Å². The molecule has 1 saturated heterocycles. The molecular formula is C18H26N2O3. The van der Waals surface area contributed by atoms with E-state index in [4.69, 9.17) is 9.47 Å². The summed E-state index contributed by atoms with van der Waals surface area (Å²) >= 11 is 0. The highest BCUT2D eigenvalue weighted by atomic mass is 16.5. The number of nitrogens with zero attached hydrogens (tertiary/aromatic N) is 1. The summed E-state index contributed by atoms with van der Waals surface area (Å²) in [6.07, 6.45) is 2.56. The summed E-state index contributed by atoms with van der Waals surface area (Å²) in [6.45, 7) is 8.11. The summed E-state index contributed by atoms with van der Waals surface area (Å²) in [6, 6.07) is 10.4. The highest BCUT2D eigenvalue weighted by Crippen LogP contribution is 2.10. The van der Waals surface area contributed by atoms with Crippen LogP contribution in [0.25, 0.3) is 0 Å². The minimum Gasteiger partial charge on any atom is -0.374 e. The highest BCUT2D eigenvalue weighted by molar-refractivity contribution is 5.77. The first-order valence-electron chi connectivity index (χ1n) is 8.11. The number of carbonyl (C=O) groups is 1. The molecule has 2 rings (SSSR count). The average Bonchev–Trinajstić information content (AvgIpc) is 2.58. The van der Waals surface area contributed by atoms with Gasteiger partial charge < -0.3 is 14.8 Å². The van der Waals surface area contributed by atoms with Crippen molar-refractivity contribution in [2.75, 3.05) is 39.5 Å². The average molecular weight is 318 g/mol. The lowest BCUT2D eigenvalue weighted by Crippen LogP contribution is -2.47. The van der Waals surface area contributed by atoms with Crippen molar-refractivity contribution >= 4 is 5.91 Å². The SMILES string of the molecule is C=CCCOCC(=O)NCC1CN(Cc2ccccc2)CCO1. The summed E-state index contributed by atoms with van der Waals surface area (Å²) in [5, 5.41) is 2.87. The number of hydrogen-bond acceptors (Lipinski definition) is 4. The van der Waals surface area contributed by atoms with Gasteiger partial charge in [-0.05, 0) is 12.0 Å². The summed E-state index contributed by atoms with van der Waals surface area (Å²) in [7, 11) is 0. The Hall–Kier alpha value is -1.69. The molecule has 0 saturated carbocycles. The Kier molecular flexibility index (Phi) is 7.80. The third-order valence-corrected chi connectivity index (χ3v) is 3.70. The van der Waals surface area contributed by atoms with E-state index >= 15 is 0 Å². The second kappa shape index (κ2) is 10.2. The Morgan fingerprint density at radius 3 is 3.04 bits per heavy atom. The Labute approximate surface area is 138 Å². The molecule has 23 heavy (non-hydrogen) atoms. The van der Waals surface area contributed by atoms with Crippen LogP contribution in [0.2, 0.25) is 0 Å². The van der Waals surface area contributed by atoms with Crippen LogP contribution in [-0.2, 0) is 20.8 Å². The number of benzene rings is 1. The molecule has 0 aliphatic carbocycles. The number of ether oxygens (including phenoxy) is 2. The van der Waals surface area contributed by atoms with Gasteiger partial charge in [-0.3, -0.25) is 9.69 Å². The van der Waals surface area contributed by atoms with Gasteiger partial charge in [-0.15, -0.1) is 6.58 Å². The molecule has 5 heteroatoms. The summed E-state index contributed by atoms with van der Waals surface area (Å²) in [5.74, 6) is -0.0992. The first-order valence-corrected chi connectivity index (χ1v) is 8.11. The zero-order valence-electron chi connectivity index (χ0n) is 13.6. The van der Waals surface area contributed by atoms with Crippen LogP contribution in [0.1, 0.15) is 12.0 Å². The van der Waals surface area contributed by atoms with E-state index in [1.54, 1.807) is 6.08 Å². The van der Waals surface area contributed by atoms with Gasteiger partial charge in [0.25, 0.3) is 0 Å². The van der Waals surface area contributed by atoms with Crippen LogP contribution >= 0.6 is 0 Å². The maximum atomic E-state index is 11.7. The molecule has 1 aromatic rings. The minimum atomic E-state index is -0.0992. The molecule has 0 radical (unpaired) electrons. The molecule has 1 aliphatic rings. The normalized spacial score (nSPS) is 18.5.